The van der Waals surface area contributed by atoms with Crippen molar-refractivity contribution in [2.75, 3.05) is 17.2 Å². The summed E-state index contributed by atoms with van der Waals surface area (Å²) in [4.78, 5) is 39.4. The molecular formula is C19H18N4O4. The van der Waals surface area contributed by atoms with Gasteiger partial charge in [-0.15, -0.1) is 0 Å². The molecule has 0 aliphatic carbocycles. The largest absolute Gasteiger partial charge is 0.423 e. The average Bonchev–Trinajstić information content (AvgIpc) is 2.62. The summed E-state index contributed by atoms with van der Waals surface area (Å²) in [5.41, 5.74) is 1.58. The van der Waals surface area contributed by atoms with Crippen LogP contribution in [0, 0.1) is 6.92 Å². The number of carbonyl (C=O) groups is 2. The van der Waals surface area contributed by atoms with Gasteiger partial charge in [0.25, 0.3) is 5.91 Å². The standard InChI is InChI=1S/C19H18N4O4/c1-3-20-19(26)23-16-7-4-12(10-21-16)18(25)22-13-5-6-14-11(2)8-17(24)27-15(14)9-13/h4-10H,3H2,1-2H3,(H,22,25)(H2,20,21,23,26). The molecule has 8 heteroatoms. The van der Waals surface area contributed by atoms with Crippen LogP contribution in [0.3, 0.4) is 0 Å². The fraction of sp³-hybridized carbons (Fsp3) is 0.158. The number of nitrogens with zero attached hydrogens (tertiary/aromatic N) is 1. The van der Waals surface area contributed by atoms with Gasteiger partial charge in [-0.2, -0.15) is 0 Å². The maximum absolute atomic E-state index is 12.4. The quantitative estimate of drug-likeness (QED) is 0.615. The number of carbonyl (C=O) groups excluding carboxylic acids is 2. The molecule has 0 bridgehead atoms. The number of anilines is 2. The Morgan fingerprint density at radius 2 is 1.93 bits per heavy atom. The van der Waals surface area contributed by atoms with E-state index < -0.39 is 5.63 Å². The third-order valence-electron chi connectivity index (χ3n) is 3.81. The van der Waals surface area contributed by atoms with E-state index in [1.165, 1.54) is 18.3 Å². The first-order valence-electron chi connectivity index (χ1n) is 8.33. The molecule has 3 amide bonds. The van der Waals surface area contributed by atoms with Crippen LogP contribution in [0.25, 0.3) is 11.0 Å². The molecule has 1 aromatic carbocycles. The molecular weight excluding hydrogens is 348 g/mol. The normalized spacial score (nSPS) is 10.4. The van der Waals surface area contributed by atoms with Gasteiger partial charge in [-0.05, 0) is 43.7 Å². The van der Waals surface area contributed by atoms with Gasteiger partial charge in [0.2, 0.25) is 0 Å². The Kier molecular flexibility index (Phi) is 5.16. The van der Waals surface area contributed by atoms with Crippen LogP contribution in [0.4, 0.5) is 16.3 Å². The summed E-state index contributed by atoms with van der Waals surface area (Å²) in [5.74, 6) is -0.0399. The minimum atomic E-state index is -0.442. The second-order valence-corrected chi connectivity index (χ2v) is 5.83. The zero-order valence-corrected chi connectivity index (χ0v) is 14.8. The molecule has 0 aliphatic rings. The molecule has 0 radical (unpaired) electrons. The molecule has 0 spiro atoms. The van der Waals surface area contributed by atoms with E-state index in [0.29, 0.717) is 29.2 Å². The number of fused-ring (bicyclic) bond motifs is 1. The van der Waals surface area contributed by atoms with Crippen molar-refractivity contribution in [3.63, 3.8) is 0 Å². The zero-order chi connectivity index (χ0) is 19.4. The lowest BCUT2D eigenvalue weighted by atomic mass is 10.1. The molecule has 0 atom stereocenters. The topological polar surface area (TPSA) is 113 Å². The van der Waals surface area contributed by atoms with Crippen molar-refractivity contribution in [2.24, 2.45) is 0 Å². The number of rotatable bonds is 4. The van der Waals surface area contributed by atoms with Crippen LogP contribution in [0.1, 0.15) is 22.8 Å². The Morgan fingerprint density at radius 1 is 1.11 bits per heavy atom. The van der Waals surface area contributed by atoms with Gasteiger partial charge in [0, 0.05) is 35.9 Å². The second-order valence-electron chi connectivity index (χ2n) is 5.83. The van der Waals surface area contributed by atoms with Crippen molar-refractivity contribution in [2.45, 2.75) is 13.8 Å². The monoisotopic (exact) mass is 366 g/mol. The highest BCUT2D eigenvalue weighted by Crippen LogP contribution is 2.21. The summed E-state index contributed by atoms with van der Waals surface area (Å²) >= 11 is 0. The molecule has 0 saturated carbocycles. The maximum atomic E-state index is 12.4. The molecule has 3 aromatic rings. The minimum Gasteiger partial charge on any atom is -0.423 e. The third kappa shape index (κ3) is 4.30. The van der Waals surface area contributed by atoms with Gasteiger partial charge in [0.15, 0.2) is 0 Å². The highest BCUT2D eigenvalue weighted by molar-refractivity contribution is 6.05. The summed E-state index contributed by atoms with van der Waals surface area (Å²) in [5, 5.41) is 8.67. The Labute approximate surface area is 154 Å². The van der Waals surface area contributed by atoms with Crippen molar-refractivity contribution in [1.29, 1.82) is 0 Å². The highest BCUT2D eigenvalue weighted by Gasteiger charge is 2.10. The first kappa shape index (κ1) is 18.1. The van der Waals surface area contributed by atoms with Crippen LogP contribution < -0.4 is 21.6 Å². The molecule has 2 heterocycles. The molecule has 3 N–H and O–H groups in total. The van der Waals surface area contributed by atoms with Crippen LogP contribution in [0.15, 0.2) is 51.8 Å². The predicted octanol–water partition coefficient (Wildman–Crippen LogP) is 2.89. The third-order valence-corrected chi connectivity index (χ3v) is 3.81. The summed E-state index contributed by atoms with van der Waals surface area (Å²) in [7, 11) is 0. The molecule has 27 heavy (non-hydrogen) atoms. The first-order valence-corrected chi connectivity index (χ1v) is 8.33. The minimum absolute atomic E-state index is 0.322. The summed E-state index contributed by atoms with van der Waals surface area (Å²) in [6.45, 7) is 4.12. The zero-order valence-electron chi connectivity index (χ0n) is 14.8. The van der Waals surface area contributed by atoms with Crippen LogP contribution in [0.2, 0.25) is 0 Å². The van der Waals surface area contributed by atoms with Crippen LogP contribution in [0.5, 0.6) is 0 Å². The number of amides is 3. The van der Waals surface area contributed by atoms with Crippen LogP contribution in [-0.2, 0) is 0 Å². The number of pyridine rings is 1. The number of hydrogen-bond donors (Lipinski definition) is 3. The van der Waals surface area contributed by atoms with Crippen molar-refractivity contribution < 1.29 is 14.0 Å². The van der Waals surface area contributed by atoms with Crippen molar-refractivity contribution in [3.8, 4) is 0 Å². The van der Waals surface area contributed by atoms with Crippen molar-refractivity contribution >= 4 is 34.4 Å². The van der Waals surface area contributed by atoms with E-state index in [4.69, 9.17) is 4.42 Å². The molecule has 0 saturated heterocycles. The molecule has 8 nitrogen and oxygen atoms in total. The number of urea groups is 1. The van der Waals surface area contributed by atoms with E-state index in [2.05, 4.69) is 20.9 Å². The lowest BCUT2D eigenvalue weighted by Gasteiger charge is -2.08. The molecule has 2 aromatic heterocycles. The van der Waals surface area contributed by atoms with Gasteiger partial charge in [-0.3, -0.25) is 10.1 Å². The summed E-state index contributed by atoms with van der Waals surface area (Å²) in [6.07, 6.45) is 1.36. The van der Waals surface area contributed by atoms with Crippen LogP contribution in [-0.4, -0.2) is 23.5 Å². The Bertz CT molecular complexity index is 1060. The van der Waals surface area contributed by atoms with E-state index >= 15 is 0 Å². The number of nitrogens with one attached hydrogen (secondary N) is 3. The number of aromatic nitrogens is 1. The number of benzene rings is 1. The Balaban J connectivity index is 1.74. The second kappa shape index (κ2) is 7.69. The van der Waals surface area contributed by atoms with E-state index in [9.17, 15) is 14.4 Å². The lowest BCUT2D eigenvalue weighted by molar-refractivity contribution is 0.102. The average molecular weight is 366 g/mol. The van der Waals surface area contributed by atoms with Crippen LogP contribution >= 0.6 is 0 Å². The lowest BCUT2D eigenvalue weighted by Crippen LogP contribution is -2.28. The number of aryl methyl sites for hydroxylation is 1. The molecule has 0 fully saturated rings. The fourth-order valence-corrected chi connectivity index (χ4v) is 2.53. The first-order chi connectivity index (χ1) is 13.0. The number of hydrogen-bond acceptors (Lipinski definition) is 5. The van der Waals surface area contributed by atoms with Crippen molar-refractivity contribution in [1.82, 2.24) is 10.3 Å². The van der Waals surface area contributed by atoms with Crippen molar-refractivity contribution in [3.05, 3.63) is 64.1 Å². The fourth-order valence-electron chi connectivity index (χ4n) is 2.53. The van der Waals surface area contributed by atoms with Gasteiger partial charge < -0.3 is 15.1 Å². The molecule has 0 aliphatic heterocycles. The summed E-state index contributed by atoms with van der Waals surface area (Å²) < 4.78 is 5.18. The van der Waals surface area contributed by atoms with E-state index in [1.807, 2.05) is 6.92 Å². The molecule has 3 rings (SSSR count). The van der Waals surface area contributed by atoms with Gasteiger partial charge in [-0.25, -0.2) is 14.6 Å². The van der Waals surface area contributed by atoms with Gasteiger partial charge in [0.1, 0.15) is 11.4 Å². The molecule has 0 unspecified atom stereocenters. The molecule has 138 valence electrons. The Morgan fingerprint density at radius 3 is 2.63 bits per heavy atom. The van der Waals surface area contributed by atoms with Gasteiger partial charge in [-0.1, -0.05) is 0 Å². The van der Waals surface area contributed by atoms with E-state index in [0.717, 1.165) is 10.9 Å². The van der Waals surface area contributed by atoms with Gasteiger partial charge >= 0.3 is 11.7 Å². The maximum Gasteiger partial charge on any atom is 0.336 e. The SMILES string of the molecule is CCNC(=O)Nc1ccc(C(=O)Nc2ccc3c(C)cc(=O)oc3c2)cn1. The predicted molar refractivity (Wildman–Crippen MR) is 102 cm³/mol. The Hall–Kier alpha value is -3.68. The summed E-state index contributed by atoms with van der Waals surface area (Å²) in [6, 6.07) is 9.24. The van der Waals surface area contributed by atoms with Gasteiger partial charge in [0.05, 0.1) is 5.56 Å². The smallest absolute Gasteiger partial charge is 0.336 e. The van der Waals surface area contributed by atoms with E-state index in [1.54, 1.807) is 31.2 Å². The highest BCUT2D eigenvalue weighted by atomic mass is 16.4. The van der Waals surface area contributed by atoms with E-state index in [-0.39, 0.29) is 11.9 Å².